The summed E-state index contributed by atoms with van der Waals surface area (Å²) in [6, 6.07) is 12.2. The lowest BCUT2D eigenvalue weighted by Gasteiger charge is -2.31. The molecule has 1 saturated carbocycles. The van der Waals surface area contributed by atoms with E-state index in [4.69, 9.17) is 21.0 Å². The first-order chi connectivity index (χ1) is 24.3. The molecule has 0 saturated heterocycles. The average Bonchev–Trinajstić information content (AvgIpc) is 3.46. The van der Waals surface area contributed by atoms with Crippen molar-refractivity contribution in [2.24, 2.45) is 17.3 Å². The van der Waals surface area contributed by atoms with Crippen LogP contribution in [0, 0.1) is 30.0 Å². The van der Waals surface area contributed by atoms with E-state index in [9.17, 15) is 14.0 Å². The first kappa shape index (κ1) is 42.8. The molecule has 0 unspecified atom stereocenters. The average molecular weight is 734 g/mol. The summed E-state index contributed by atoms with van der Waals surface area (Å²) in [5.74, 6) is 1.12. The van der Waals surface area contributed by atoms with Gasteiger partial charge in [0, 0.05) is 47.7 Å². The Morgan fingerprint density at radius 1 is 0.981 bits per heavy atom. The molecule has 3 aromatic heterocycles. The molecule has 5 rings (SSSR count). The van der Waals surface area contributed by atoms with Crippen molar-refractivity contribution in [1.82, 2.24) is 9.97 Å². The molecule has 1 aromatic carbocycles. The van der Waals surface area contributed by atoms with Crippen molar-refractivity contribution < 1.29 is 18.4 Å². The Labute approximate surface area is 317 Å². The van der Waals surface area contributed by atoms with Crippen molar-refractivity contribution in [1.29, 1.82) is 0 Å². The fourth-order valence-electron chi connectivity index (χ4n) is 5.86. The van der Waals surface area contributed by atoms with Crippen LogP contribution < -0.4 is 4.90 Å². The largest absolute Gasteiger partial charge is 0.451 e. The lowest BCUT2D eigenvalue weighted by atomic mass is 9.79. The number of fused-ring (bicyclic) bond motifs is 1. The summed E-state index contributed by atoms with van der Waals surface area (Å²) in [6.07, 6.45) is 6.88. The predicted octanol–water partition coefficient (Wildman–Crippen LogP) is 12.9. The van der Waals surface area contributed by atoms with Crippen LogP contribution in [-0.4, -0.2) is 34.6 Å². The smallest absolute Gasteiger partial charge is 0.200 e. The van der Waals surface area contributed by atoms with E-state index >= 15 is 0 Å². The van der Waals surface area contributed by atoms with Gasteiger partial charge in [0.25, 0.3) is 0 Å². The molecule has 1 aliphatic carbocycles. The number of furan rings is 1. The molecule has 0 bridgehead atoms. The highest BCUT2D eigenvalue weighted by atomic mass is 35.5. The van der Waals surface area contributed by atoms with Gasteiger partial charge in [-0.1, -0.05) is 113 Å². The summed E-state index contributed by atoms with van der Waals surface area (Å²) in [5, 5.41) is 0.0685. The Hall–Kier alpha value is -3.58. The van der Waals surface area contributed by atoms with Gasteiger partial charge in [-0.15, -0.1) is 0 Å². The number of rotatable bonds is 10. The van der Waals surface area contributed by atoms with Crippen molar-refractivity contribution in [3.8, 4) is 11.3 Å². The molecule has 284 valence electrons. The number of ketones is 2. The number of aromatic nitrogens is 2. The van der Waals surface area contributed by atoms with Gasteiger partial charge in [-0.2, -0.15) is 0 Å². The van der Waals surface area contributed by atoms with E-state index in [-0.39, 0.29) is 33.5 Å². The molecular formula is C44H61ClFN3O3. The van der Waals surface area contributed by atoms with Crippen LogP contribution >= 0.6 is 11.6 Å². The van der Waals surface area contributed by atoms with Crippen LogP contribution in [0.15, 0.2) is 46.9 Å². The van der Waals surface area contributed by atoms with E-state index in [1.165, 1.54) is 37.8 Å². The summed E-state index contributed by atoms with van der Waals surface area (Å²) >= 11 is 5.79. The van der Waals surface area contributed by atoms with Crippen LogP contribution in [0.5, 0.6) is 0 Å². The highest BCUT2D eigenvalue weighted by Gasteiger charge is 2.28. The van der Waals surface area contributed by atoms with Crippen LogP contribution in [0.4, 0.5) is 10.2 Å². The van der Waals surface area contributed by atoms with E-state index in [1.807, 2.05) is 39.0 Å². The number of halogens is 2. The van der Waals surface area contributed by atoms with E-state index in [0.717, 1.165) is 48.6 Å². The zero-order chi connectivity index (χ0) is 39.0. The third-order valence-corrected chi connectivity index (χ3v) is 9.16. The molecule has 1 aliphatic rings. The number of nitrogens with zero attached hydrogens (tertiary/aromatic N) is 3. The summed E-state index contributed by atoms with van der Waals surface area (Å²) in [4.78, 5) is 36.5. The number of pyridine rings is 2. The molecule has 1 fully saturated rings. The molecule has 8 heteroatoms. The Balaban J connectivity index is 0.000000263. The summed E-state index contributed by atoms with van der Waals surface area (Å²) in [6.45, 7) is 27.0. The van der Waals surface area contributed by atoms with E-state index in [2.05, 4.69) is 72.2 Å². The van der Waals surface area contributed by atoms with E-state index in [1.54, 1.807) is 12.1 Å². The van der Waals surface area contributed by atoms with Gasteiger partial charge in [0.2, 0.25) is 5.78 Å². The summed E-state index contributed by atoms with van der Waals surface area (Å²) in [7, 11) is 0. The fourth-order valence-corrected chi connectivity index (χ4v) is 5.98. The normalized spacial score (nSPS) is 13.2. The first-order valence-electron chi connectivity index (χ1n) is 19.0. The summed E-state index contributed by atoms with van der Waals surface area (Å²) < 4.78 is 19.8. The SMILES string of the molecule is CC(C)C(=O)c1cc2nc(-c3ccc(Cl)c(F)c3)cc(C(C)(C)C)c2o1.CCC.CCCCN(CC(C)(C)C)c1ccc(C(=O)C2CCC2)c(C)n1. The number of unbranched alkanes of at least 4 members (excludes halogenated alkanes) is 1. The van der Waals surface area contributed by atoms with Crippen LogP contribution in [0.25, 0.3) is 22.4 Å². The third-order valence-electron chi connectivity index (χ3n) is 8.85. The Kier molecular flexibility index (Phi) is 15.2. The van der Waals surface area contributed by atoms with E-state index in [0.29, 0.717) is 33.9 Å². The lowest BCUT2D eigenvalue weighted by Crippen LogP contribution is -2.34. The van der Waals surface area contributed by atoms with Crippen molar-refractivity contribution in [2.75, 3.05) is 18.0 Å². The van der Waals surface area contributed by atoms with Gasteiger partial charge in [0.15, 0.2) is 17.1 Å². The number of aryl methyl sites for hydroxylation is 1. The minimum absolute atomic E-state index is 0.0676. The van der Waals surface area contributed by atoms with Crippen molar-refractivity contribution >= 4 is 40.1 Å². The maximum Gasteiger partial charge on any atom is 0.200 e. The Bertz CT molecular complexity index is 1810. The zero-order valence-electron chi connectivity index (χ0n) is 33.7. The summed E-state index contributed by atoms with van der Waals surface area (Å²) in [5.41, 5.74) is 5.03. The first-order valence-corrected chi connectivity index (χ1v) is 19.4. The second kappa shape index (κ2) is 18.4. The lowest BCUT2D eigenvalue weighted by molar-refractivity contribution is 0.0853. The molecule has 0 atom stereocenters. The third kappa shape index (κ3) is 11.5. The highest BCUT2D eigenvalue weighted by Crippen LogP contribution is 2.36. The maximum absolute atomic E-state index is 13.9. The van der Waals surface area contributed by atoms with E-state index < -0.39 is 5.82 Å². The van der Waals surface area contributed by atoms with Gasteiger partial charge in [-0.25, -0.2) is 14.4 Å². The van der Waals surface area contributed by atoms with Gasteiger partial charge in [-0.3, -0.25) is 9.59 Å². The number of benzene rings is 1. The van der Waals surface area contributed by atoms with Crippen LogP contribution in [-0.2, 0) is 5.41 Å². The number of carbonyl (C=O) groups excluding carboxylic acids is 2. The van der Waals surface area contributed by atoms with Gasteiger partial charge < -0.3 is 9.32 Å². The number of hydrogen-bond donors (Lipinski definition) is 0. The number of Topliss-reactive ketones (excluding diaryl/α,β-unsaturated/α-hetero) is 2. The molecule has 6 nitrogen and oxygen atoms in total. The number of carbonyl (C=O) groups is 2. The second-order valence-electron chi connectivity index (χ2n) is 16.6. The monoisotopic (exact) mass is 733 g/mol. The fraction of sp³-hybridized carbons (Fsp3) is 0.545. The van der Waals surface area contributed by atoms with Crippen molar-refractivity contribution in [2.45, 2.75) is 127 Å². The predicted molar refractivity (Wildman–Crippen MR) is 215 cm³/mol. The zero-order valence-corrected chi connectivity index (χ0v) is 34.4. The highest BCUT2D eigenvalue weighted by molar-refractivity contribution is 6.30. The Morgan fingerprint density at radius 3 is 2.13 bits per heavy atom. The van der Waals surface area contributed by atoms with Crippen LogP contribution in [0.1, 0.15) is 147 Å². The van der Waals surface area contributed by atoms with Crippen molar-refractivity contribution in [3.05, 3.63) is 75.9 Å². The molecule has 52 heavy (non-hydrogen) atoms. The molecule has 0 amide bonds. The van der Waals surface area contributed by atoms with Crippen LogP contribution in [0.2, 0.25) is 5.02 Å². The molecule has 4 aromatic rings. The van der Waals surface area contributed by atoms with Gasteiger partial charge in [0.1, 0.15) is 17.2 Å². The van der Waals surface area contributed by atoms with Crippen LogP contribution in [0.3, 0.4) is 0 Å². The quantitative estimate of drug-likeness (QED) is 0.151. The molecular weight excluding hydrogens is 673 g/mol. The molecule has 0 N–H and O–H groups in total. The second-order valence-corrected chi connectivity index (χ2v) is 17.0. The number of anilines is 1. The number of hydrogen-bond acceptors (Lipinski definition) is 6. The standard InChI is InChI=1S/C21H21ClFNO2.C20H32N2O.C3H8/c1-11(2)19(25)18-10-17-20(26-18)13(21(3,4)5)9-16(24-17)12-6-7-14(22)15(23)8-12;1-6-7-13-22(14-20(3,4)5)18-12-11-17(15(2)21-18)19(23)16-9-8-10-16;1-3-2/h6-11H,1-5H3;11-12,16H,6-10,13-14H2,1-5H3;3H2,1-2H3. The minimum Gasteiger partial charge on any atom is -0.451 e. The molecule has 0 aliphatic heterocycles. The topological polar surface area (TPSA) is 76.3 Å². The molecule has 0 radical (unpaired) electrons. The minimum atomic E-state index is -0.494. The Morgan fingerprint density at radius 2 is 1.63 bits per heavy atom. The van der Waals surface area contributed by atoms with Gasteiger partial charge in [-0.05, 0) is 67.3 Å². The maximum atomic E-state index is 13.9. The molecule has 3 heterocycles. The van der Waals surface area contributed by atoms with Gasteiger partial charge in [0.05, 0.1) is 16.4 Å². The van der Waals surface area contributed by atoms with Gasteiger partial charge >= 0.3 is 0 Å². The van der Waals surface area contributed by atoms with Crippen molar-refractivity contribution in [3.63, 3.8) is 0 Å². The molecule has 0 spiro atoms.